The SMILES string of the molecule is CS(=O)C=C(c1ccccc1)c1cccs1. The van der Waals surface area contributed by atoms with Gasteiger partial charge in [0.25, 0.3) is 0 Å². The van der Waals surface area contributed by atoms with Crippen LogP contribution in [0.25, 0.3) is 5.57 Å². The van der Waals surface area contributed by atoms with E-state index in [1.54, 1.807) is 23.0 Å². The maximum absolute atomic E-state index is 11.4. The van der Waals surface area contributed by atoms with Gasteiger partial charge in [0.05, 0.1) is 0 Å². The smallest absolute Gasteiger partial charge is 0.0431 e. The van der Waals surface area contributed by atoms with Gasteiger partial charge < -0.3 is 0 Å². The van der Waals surface area contributed by atoms with Crippen LogP contribution < -0.4 is 0 Å². The number of rotatable bonds is 3. The van der Waals surface area contributed by atoms with E-state index in [1.165, 1.54) is 0 Å². The first kappa shape index (κ1) is 11.3. The minimum absolute atomic E-state index is 0.936. The van der Waals surface area contributed by atoms with Gasteiger partial charge in [-0.2, -0.15) is 0 Å². The Labute approximate surface area is 102 Å². The van der Waals surface area contributed by atoms with E-state index < -0.39 is 10.8 Å². The summed E-state index contributed by atoms with van der Waals surface area (Å²) in [6, 6.07) is 14.1. The zero-order valence-corrected chi connectivity index (χ0v) is 10.6. The molecule has 1 atom stereocenters. The summed E-state index contributed by atoms with van der Waals surface area (Å²) in [5.74, 6) is 0. The topological polar surface area (TPSA) is 17.1 Å². The largest absolute Gasteiger partial charge is 0.255 e. The molecule has 16 heavy (non-hydrogen) atoms. The van der Waals surface area contributed by atoms with Crippen LogP contribution in [0.15, 0.2) is 53.3 Å². The van der Waals surface area contributed by atoms with Crippen LogP contribution in [0.1, 0.15) is 10.4 Å². The summed E-state index contributed by atoms with van der Waals surface area (Å²) < 4.78 is 11.4. The van der Waals surface area contributed by atoms with E-state index >= 15 is 0 Å². The number of hydrogen-bond donors (Lipinski definition) is 0. The van der Waals surface area contributed by atoms with E-state index in [2.05, 4.69) is 6.07 Å². The van der Waals surface area contributed by atoms with Crippen LogP contribution in [-0.4, -0.2) is 10.5 Å². The van der Waals surface area contributed by atoms with Gasteiger partial charge >= 0.3 is 0 Å². The lowest BCUT2D eigenvalue weighted by atomic mass is 10.1. The van der Waals surface area contributed by atoms with Crippen molar-refractivity contribution in [2.75, 3.05) is 6.26 Å². The van der Waals surface area contributed by atoms with Crippen LogP contribution in [0.2, 0.25) is 0 Å². The highest BCUT2D eigenvalue weighted by molar-refractivity contribution is 7.87. The zero-order chi connectivity index (χ0) is 11.4. The molecule has 3 heteroatoms. The van der Waals surface area contributed by atoms with Crippen molar-refractivity contribution < 1.29 is 4.21 Å². The minimum atomic E-state index is -0.936. The molecule has 0 bridgehead atoms. The third kappa shape index (κ3) is 2.68. The molecular weight excluding hydrogens is 236 g/mol. The lowest BCUT2D eigenvalue weighted by Crippen LogP contribution is -1.87. The van der Waals surface area contributed by atoms with Gasteiger partial charge in [-0.05, 0) is 17.0 Å². The van der Waals surface area contributed by atoms with E-state index in [0.29, 0.717) is 0 Å². The van der Waals surface area contributed by atoms with E-state index in [4.69, 9.17) is 0 Å². The monoisotopic (exact) mass is 248 g/mol. The first-order valence-corrected chi connectivity index (χ1v) is 7.41. The van der Waals surface area contributed by atoms with Crippen molar-refractivity contribution in [1.29, 1.82) is 0 Å². The minimum Gasteiger partial charge on any atom is -0.255 e. The molecule has 0 radical (unpaired) electrons. The van der Waals surface area contributed by atoms with Crippen molar-refractivity contribution in [3.05, 3.63) is 63.7 Å². The summed E-state index contributed by atoms with van der Waals surface area (Å²) in [5.41, 5.74) is 2.16. The summed E-state index contributed by atoms with van der Waals surface area (Å²) in [7, 11) is -0.936. The van der Waals surface area contributed by atoms with Crippen molar-refractivity contribution in [2.45, 2.75) is 0 Å². The van der Waals surface area contributed by atoms with Gasteiger partial charge in [-0.25, -0.2) is 0 Å². The number of hydrogen-bond acceptors (Lipinski definition) is 2. The first-order chi connectivity index (χ1) is 7.77. The number of thiophene rings is 1. The molecule has 0 N–H and O–H groups in total. The van der Waals surface area contributed by atoms with Gasteiger partial charge in [-0.15, -0.1) is 11.3 Å². The summed E-state index contributed by atoms with van der Waals surface area (Å²) in [6.07, 6.45) is 1.69. The molecule has 2 aromatic rings. The van der Waals surface area contributed by atoms with Crippen LogP contribution in [0.3, 0.4) is 0 Å². The molecule has 1 aromatic heterocycles. The average molecular weight is 248 g/mol. The van der Waals surface area contributed by atoms with Gasteiger partial charge in [0, 0.05) is 32.9 Å². The van der Waals surface area contributed by atoms with Gasteiger partial charge in [0.2, 0.25) is 0 Å². The Morgan fingerprint density at radius 3 is 2.50 bits per heavy atom. The summed E-state index contributed by atoms with van der Waals surface area (Å²) in [5, 5.41) is 3.84. The molecule has 1 heterocycles. The Bertz CT molecular complexity index is 498. The predicted molar refractivity (Wildman–Crippen MR) is 71.9 cm³/mol. The zero-order valence-electron chi connectivity index (χ0n) is 8.92. The quantitative estimate of drug-likeness (QED) is 0.812. The van der Waals surface area contributed by atoms with Crippen LogP contribution in [0.5, 0.6) is 0 Å². The molecule has 0 aliphatic carbocycles. The van der Waals surface area contributed by atoms with Crippen molar-refractivity contribution in [2.24, 2.45) is 0 Å². The molecular formula is C13H12OS2. The average Bonchev–Trinajstić information content (AvgIpc) is 2.80. The maximum atomic E-state index is 11.4. The molecule has 1 nitrogen and oxygen atoms in total. The summed E-state index contributed by atoms with van der Waals surface area (Å²) in [4.78, 5) is 1.15. The molecule has 0 saturated heterocycles. The highest BCUT2D eigenvalue weighted by Gasteiger charge is 2.06. The van der Waals surface area contributed by atoms with E-state index in [-0.39, 0.29) is 0 Å². The number of benzene rings is 1. The van der Waals surface area contributed by atoms with Crippen LogP contribution in [-0.2, 0) is 10.8 Å². The summed E-state index contributed by atoms with van der Waals surface area (Å²) in [6.45, 7) is 0. The Morgan fingerprint density at radius 1 is 1.19 bits per heavy atom. The fourth-order valence-electron chi connectivity index (χ4n) is 1.48. The second-order valence-corrected chi connectivity index (χ2v) is 5.55. The molecule has 0 saturated carbocycles. The molecule has 0 spiro atoms. The third-order valence-corrected chi connectivity index (χ3v) is 3.63. The Hall–Kier alpha value is -1.19. The van der Waals surface area contributed by atoms with Gasteiger partial charge in [0.1, 0.15) is 0 Å². The molecule has 0 aliphatic rings. The van der Waals surface area contributed by atoms with Gasteiger partial charge in [-0.3, -0.25) is 4.21 Å². The lowest BCUT2D eigenvalue weighted by molar-refractivity contribution is 0.692. The molecule has 0 aliphatic heterocycles. The van der Waals surface area contributed by atoms with Crippen LogP contribution >= 0.6 is 11.3 Å². The third-order valence-electron chi connectivity index (χ3n) is 2.16. The highest BCUT2D eigenvalue weighted by atomic mass is 32.2. The standard InChI is InChI=1S/C13H12OS2/c1-16(14)10-12(13-8-5-9-15-13)11-6-3-2-4-7-11/h2-10H,1H3. The Balaban J connectivity index is 2.49. The van der Waals surface area contributed by atoms with Crippen molar-refractivity contribution in [3.8, 4) is 0 Å². The molecule has 2 rings (SSSR count). The van der Waals surface area contributed by atoms with Gasteiger partial charge in [-0.1, -0.05) is 36.4 Å². The van der Waals surface area contributed by atoms with E-state index in [1.807, 2.05) is 41.8 Å². The molecule has 0 fully saturated rings. The molecule has 1 unspecified atom stereocenters. The fraction of sp³-hybridized carbons (Fsp3) is 0.0769. The molecule has 82 valence electrons. The lowest BCUT2D eigenvalue weighted by Gasteiger charge is -2.04. The second kappa shape index (κ2) is 5.23. The second-order valence-electron chi connectivity index (χ2n) is 3.37. The van der Waals surface area contributed by atoms with E-state index in [9.17, 15) is 4.21 Å². The molecule has 1 aromatic carbocycles. The first-order valence-electron chi connectivity index (χ1n) is 4.91. The Morgan fingerprint density at radius 2 is 1.94 bits per heavy atom. The normalized spacial score (nSPS) is 13.7. The fourth-order valence-corrected chi connectivity index (χ4v) is 2.92. The van der Waals surface area contributed by atoms with Crippen LogP contribution in [0, 0.1) is 0 Å². The maximum Gasteiger partial charge on any atom is 0.0431 e. The van der Waals surface area contributed by atoms with Gasteiger partial charge in [0.15, 0.2) is 0 Å². The van der Waals surface area contributed by atoms with Crippen LogP contribution in [0.4, 0.5) is 0 Å². The van der Waals surface area contributed by atoms with Crippen molar-refractivity contribution in [1.82, 2.24) is 0 Å². The highest BCUT2D eigenvalue weighted by Crippen LogP contribution is 2.27. The van der Waals surface area contributed by atoms with E-state index in [0.717, 1.165) is 16.0 Å². The molecule has 0 amide bonds. The Kier molecular flexibility index (Phi) is 3.70. The van der Waals surface area contributed by atoms with Crippen molar-refractivity contribution >= 4 is 27.7 Å². The van der Waals surface area contributed by atoms with Crippen molar-refractivity contribution in [3.63, 3.8) is 0 Å². The predicted octanol–water partition coefficient (Wildman–Crippen LogP) is 3.52. The summed E-state index contributed by atoms with van der Waals surface area (Å²) >= 11 is 1.67.